The van der Waals surface area contributed by atoms with Crippen LogP contribution in [-0.2, 0) is 9.59 Å². The number of para-hydroxylation sites is 1. The summed E-state index contributed by atoms with van der Waals surface area (Å²) in [5.41, 5.74) is 0. The van der Waals surface area contributed by atoms with Crippen LogP contribution in [0.15, 0.2) is 30.3 Å². The van der Waals surface area contributed by atoms with Crippen LogP contribution in [0.3, 0.4) is 0 Å². The Morgan fingerprint density at radius 3 is 2.12 bits per heavy atom. The third kappa shape index (κ3) is 6.51. The number of carbonyl (C=O) groups is 3. The van der Waals surface area contributed by atoms with Crippen LogP contribution >= 0.6 is 0 Å². The van der Waals surface area contributed by atoms with Crippen LogP contribution in [0.4, 0.5) is 4.79 Å². The van der Waals surface area contributed by atoms with E-state index in [9.17, 15) is 14.4 Å². The van der Waals surface area contributed by atoms with Gasteiger partial charge in [0, 0.05) is 0 Å². The average molecular weight is 441 g/mol. The first-order valence-electron chi connectivity index (χ1n) is 8.02. The van der Waals surface area contributed by atoms with Gasteiger partial charge in [-0.1, -0.05) is 0 Å². The first-order valence-corrected chi connectivity index (χ1v) is 18.6. The number of benzene rings is 1. The van der Waals surface area contributed by atoms with Gasteiger partial charge in [-0.25, -0.2) is 0 Å². The van der Waals surface area contributed by atoms with Crippen molar-refractivity contribution in [2.75, 3.05) is 7.05 Å². The molecule has 0 aliphatic rings. The first-order chi connectivity index (χ1) is 11.2. The van der Waals surface area contributed by atoms with E-state index in [1.165, 1.54) is 7.05 Å². The number of rotatable bonds is 5. The third-order valence-corrected chi connectivity index (χ3v) is 7.02. The van der Waals surface area contributed by atoms with Gasteiger partial charge in [-0.05, 0) is 0 Å². The van der Waals surface area contributed by atoms with E-state index in [0.717, 1.165) is 10.0 Å². The van der Waals surface area contributed by atoms with E-state index in [1.807, 2.05) is 6.92 Å². The van der Waals surface area contributed by atoms with Crippen molar-refractivity contribution in [2.45, 2.75) is 39.0 Å². The molecule has 6 nitrogen and oxygen atoms in total. The first kappa shape index (κ1) is 20.5. The monoisotopic (exact) mass is 442 g/mol. The van der Waals surface area contributed by atoms with Gasteiger partial charge in [0.1, 0.15) is 0 Å². The summed E-state index contributed by atoms with van der Waals surface area (Å²) in [6, 6.07) is 8.55. The molecule has 7 heteroatoms. The molecule has 0 spiro atoms. The van der Waals surface area contributed by atoms with E-state index >= 15 is 0 Å². The van der Waals surface area contributed by atoms with E-state index < -0.39 is 24.5 Å². The molecule has 0 N–H and O–H groups in total. The Bertz CT molecular complexity index is 584. The molecule has 0 saturated heterocycles. The van der Waals surface area contributed by atoms with Gasteiger partial charge in [0.25, 0.3) is 0 Å². The molecule has 1 aromatic rings. The van der Waals surface area contributed by atoms with Crippen LogP contribution in [0.1, 0.15) is 19.8 Å². The number of nitrogens with zero attached hydrogens (tertiary/aromatic N) is 2. The summed E-state index contributed by atoms with van der Waals surface area (Å²) in [4.78, 5) is 43.6. The molecule has 0 aromatic heterocycles. The fourth-order valence-corrected chi connectivity index (χ4v) is 5.08. The normalized spacial score (nSPS) is 10.9. The van der Waals surface area contributed by atoms with E-state index in [4.69, 9.17) is 4.74 Å². The maximum absolute atomic E-state index is 12.6. The molecule has 0 saturated carbocycles. The zero-order valence-corrected chi connectivity index (χ0v) is 17.9. The number of ether oxygens (including phenoxy) is 1. The molecule has 0 unspecified atom stereocenters. The Kier molecular flexibility index (Phi) is 7.72. The number of hydrogen-bond acceptors (Lipinski definition) is 4. The zero-order chi connectivity index (χ0) is 18.3. The van der Waals surface area contributed by atoms with E-state index in [1.54, 1.807) is 30.3 Å². The maximum atomic E-state index is 12.6. The summed E-state index contributed by atoms with van der Waals surface area (Å²) < 4.78 is 5.58. The molecular weight excluding hydrogens is 415 g/mol. The molecule has 0 aliphatic heterocycles. The molecule has 0 radical (unpaired) electrons. The topological polar surface area (TPSA) is 66.9 Å². The fourth-order valence-electron chi connectivity index (χ4n) is 2.06. The van der Waals surface area contributed by atoms with Crippen molar-refractivity contribution in [1.82, 2.24) is 10.0 Å². The number of hydrogen-bond donors (Lipinski definition) is 0. The summed E-state index contributed by atoms with van der Waals surface area (Å²) in [6.45, 7) is 1.85. The number of hydrazine groups is 1. The van der Waals surface area contributed by atoms with Gasteiger partial charge in [0.05, 0.1) is 0 Å². The van der Waals surface area contributed by atoms with Crippen LogP contribution in [0.5, 0.6) is 5.75 Å². The van der Waals surface area contributed by atoms with Crippen molar-refractivity contribution in [2.24, 2.45) is 0 Å². The van der Waals surface area contributed by atoms with Crippen molar-refractivity contribution < 1.29 is 19.1 Å². The van der Waals surface area contributed by atoms with E-state index in [-0.39, 0.29) is 18.2 Å². The fraction of sp³-hybridized carbons (Fsp3) is 0.471. The summed E-state index contributed by atoms with van der Waals surface area (Å²) >= 11 is -2.46. The number of amides is 3. The molecule has 0 aliphatic carbocycles. The molecule has 1 aromatic carbocycles. The van der Waals surface area contributed by atoms with Gasteiger partial charge in [0.15, 0.2) is 0 Å². The molecule has 0 fully saturated rings. The van der Waals surface area contributed by atoms with Gasteiger partial charge in [-0.3, -0.25) is 0 Å². The third-order valence-electron chi connectivity index (χ3n) is 3.13. The minimum atomic E-state index is -2.46. The SMILES string of the molecule is CCCC(=O)N(C(=O)[CH2][Sn]([CH3])([CH3])[CH3])N(C)C(=O)Oc1ccccc1. The molecule has 132 valence electrons. The second kappa shape index (κ2) is 9.05. The average Bonchev–Trinajstić information content (AvgIpc) is 2.46. The van der Waals surface area contributed by atoms with Crippen molar-refractivity contribution in [3.63, 3.8) is 0 Å². The van der Waals surface area contributed by atoms with Crippen LogP contribution in [0.2, 0.25) is 19.3 Å². The Hall–Kier alpha value is -1.57. The quantitative estimate of drug-likeness (QED) is 0.518. The summed E-state index contributed by atoms with van der Waals surface area (Å²) in [5, 5.41) is 1.92. The van der Waals surface area contributed by atoms with Crippen molar-refractivity contribution in [3.8, 4) is 5.75 Å². The molecular formula is C17H26N2O4Sn. The second-order valence-electron chi connectivity index (χ2n) is 6.79. The predicted molar refractivity (Wildman–Crippen MR) is 95.1 cm³/mol. The Morgan fingerprint density at radius 2 is 1.62 bits per heavy atom. The molecule has 3 amide bonds. The standard InChI is InChI=1S/C14H17N2O4.3CH3.Sn/c1-4-8-13(18)16(11(2)17)15(3)14(19)20-12-9-6-5-7-10-12;;;;/h5-7,9-10H,2,4,8H2,1,3H3;3*1H3;. The van der Waals surface area contributed by atoms with Gasteiger partial charge < -0.3 is 0 Å². The van der Waals surface area contributed by atoms with Crippen LogP contribution in [-0.4, -0.2) is 53.4 Å². The Balaban J connectivity index is 2.93. The van der Waals surface area contributed by atoms with Gasteiger partial charge in [-0.2, -0.15) is 0 Å². The zero-order valence-electron chi connectivity index (χ0n) is 15.0. The molecule has 0 heterocycles. The van der Waals surface area contributed by atoms with Gasteiger partial charge in [0.2, 0.25) is 0 Å². The van der Waals surface area contributed by atoms with Crippen LogP contribution in [0.25, 0.3) is 0 Å². The predicted octanol–water partition coefficient (Wildman–Crippen LogP) is 3.53. The number of imide groups is 1. The van der Waals surface area contributed by atoms with Crippen LogP contribution < -0.4 is 4.74 Å². The molecule has 0 atom stereocenters. The summed E-state index contributed by atoms with van der Waals surface area (Å²) in [7, 11) is 1.38. The minimum absolute atomic E-state index is 0.203. The Morgan fingerprint density at radius 1 is 1.04 bits per heavy atom. The van der Waals surface area contributed by atoms with Crippen molar-refractivity contribution in [1.29, 1.82) is 0 Å². The van der Waals surface area contributed by atoms with Gasteiger partial charge in [-0.15, -0.1) is 0 Å². The van der Waals surface area contributed by atoms with Gasteiger partial charge >= 0.3 is 148 Å². The van der Waals surface area contributed by atoms with Crippen molar-refractivity contribution in [3.05, 3.63) is 30.3 Å². The van der Waals surface area contributed by atoms with Crippen LogP contribution in [0, 0.1) is 0 Å². The molecule has 0 bridgehead atoms. The summed E-state index contributed by atoms with van der Waals surface area (Å²) in [6.07, 6.45) is 0.0419. The van der Waals surface area contributed by atoms with Crippen molar-refractivity contribution >= 4 is 36.3 Å². The number of carbonyl (C=O) groups excluding carboxylic acids is 3. The molecule has 24 heavy (non-hydrogen) atoms. The molecule has 1 rings (SSSR count). The summed E-state index contributed by atoms with van der Waals surface area (Å²) in [5.74, 6) is -0.352. The van der Waals surface area contributed by atoms with E-state index in [2.05, 4.69) is 14.8 Å². The Labute approximate surface area is 147 Å². The van der Waals surface area contributed by atoms with E-state index in [0.29, 0.717) is 16.6 Å². The second-order valence-corrected chi connectivity index (χ2v) is 22.4.